The molecule has 1 aromatic carbocycles. The molecule has 1 unspecified atom stereocenters. The van der Waals surface area contributed by atoms with E-state index in [4.69, 9.17) is 11.6 Å². The average Bonchev–Trinajstić information content (AvgIpc) is 2.08. The Morgan fingerprint density at radius 1 is 1.54 bits per heavy atom. The molecule has 0 aromatic heterocycles. The molecule has 1 nitrogen and oxygen atoms in total. The Kier molecular flexibility index (Phi) is 3.51. The molecule has 0 aliphatic heterocycles. The lowest BCUT2D eigenvalue weighted by Crippen LogP contribution is -2.11. The molecule has 3 heteroatoms. The fraction of sp³-hybridized carbons (Fsp3) is 0.300. The molecule has 0 N–H and O–H groups in total. The molecular formula is C10H10BrClO. The van der Waals surface area contributed by atoms with Gasteiger partial charge in [-0.25, -0.2) is 0 Å². The maximum atomic E-state index is 11.6. The summed E-state index contributed by atoms with van der Waals surface area (Å²) in [5.41, 5.74) is 1.54. The second kappa shape index (κ2) is 4.25. The summed E-state index contributed by atoms with van der Waals surface area (Å²) >= 11 is 9.14. The van der Waals surface area contributed by atoms with Crippen molar-refractivity contribution in [2.75, 3.05) is 0 Å². The van der Waals surface area contributed by atoms with E-state index in [1.165, 1.54) is 0 Å². The highest BCUT2D eigenvalue weighted by Crippen LogP contribution is 2.21. The van der Waals surface area contributed by atoms with Crippen molar-refractivity contribution >= 4 is 33.3 Å². The third-order valence-corrected chi connectivity index (χ3v) is 2.72. The van der Waals surface area contributed by atoms with E-state index in [-0.39, 0.29) is 10.6 Å². The van der Waals surface area contributed by atoms with Crippen molar-refractivity contribution in [3.63, 3.8) is 0 Å². The van der Waals surface area contributed by atoms with Gasteiger partial charge in [-0.3, -0.25) is 4.79 Å². The Labute approximate surface area is 91.2 Å². The van der Waals surface area contributed by atoms with Crippen molar-refractivity contribution in [3.05, 3.63) is 34.3 Å². The average molecular weight is 262 g/mol. The van der Waals surface area contributed by atoms with Gasteiger partial charge in [-0.2, -0.15) is 0 Å². The molecule has 0 aliphatic carbocycles. The first-order valence-electron chi connectivity index (χ1n) is 3.97. The number of rotatable bonds is 2. The summed E-state index contributed by atoms with van der Waals surface area (Å²) in [4.78, 5) is 11.4. The molecule has 0 bridgehead atoms. The highest BCUT2D eigenvalue weighted by atomic mass is 79.9. The van der Waals surface area contributed by atoms with Gasteiger partial charge in [0, 0.05) is 10.6 Å². The molecule has 1 atom stereocenters. The molecule has 0 heterocycles. The van der Waals surface area contributed by atoms with Crippen molar-refractivity contribution in [3.8, 4) is 0 Å². The van der Waals surface area contributed by atoms with Gasteiger partial charge in [0.25, 0.3) is 0 Å². The lowest BCUT2D eigenvalue weighted by Gasteiger charge is -2.07. The number of carbonyl (C=O) groups is 1. The highest BCUT2D eigenvalue weighted by molar-refractivity contribution is 9.10. The zero-order valence-corrected chi connectivity index (χ0v) is 9.82. The first-order valence-corrected chi connectivity index (χ1v) is 5.27. The maximum Gasteiger partial charge on any atom is 0.176 e. The van der Waals surface area contributed by atoms with Crippen LogP contribution >= 0.6 is 27.5 Å². The fourth-order valence-electron chi connectivity index (χ4n) is 1.09. The number of halogens is 2. The largest absolute Gasteiger partial charge is 0.293 e. The van der Waals surface area contributed by atoms with Crippen LogP contribution in [-0.4, -0.2) is 10.6 Å². The van der Waals surface area contributed by atoms with Gasteiger partial charge < -0.3 is 0 Å². The summed E-state index contributed by atoms with van der Waals surface area (Å²) in [7, 11) is 0. The Hall–Kier alpha value is -0.340. The Morgan fingerprint density at radius 2 is 2.15 bits per heavy atom. The van der Waals surface area contributed by atoms with E-state index in [1.54, 1.807) is 18.2 Å². The molecule has 70 valence electrons. The Bertz CT molecular complexity index is 334. The van der Waals surface area contributed by atoms with Gasteiger partial charge in [0.1, 0.15) is 0 Å². The zero-order chi connectivity index (χ0) is 10.0. The fourth-order valence-corrected chi connectivity index (χ4v) is 1.51. The normalized spacial score (nSPS) is 12.6. The Balaban J connectivity index is 3.15. The monoisotopic (exact) mass is 260 g/mol. The minimum absolute atomic E-state index is 0.0694. The van der Waals surface area contributed by atoms with Crippen molar-refractivity contribution in [2.24, 2.45) is 0 Å². The summed E-state index contributed by atoms with van der Waals surface area (Å²) in [6.45, 7) is 3.66. The molecule has 1 aromatic rings. The van der Waals surface area contributed by atoms with Crippen LogP contribution in [0.25, 0.3) is 0 Å². The van der Waals surface area contributed by atoms with E-state index in [0.717, 1.165) is 5.56 Å². The molecule has 0 radical (unpaired) electrons. The third-order valence-electron chi connectivity index (χ3n) is 1.89. The van der Waals surface area contributed by atoms with Crippen molar-refractivity contribution in [2.45, 2.75) is 18.7 Å². The molecule has 0 spiro atoms. The van der Waals surface area contributed by atoms with Gasteiger partial charge >= 0.3 is 0 Å². The molecular weight excluding hydrogens is 251 g/mol. The Morgan fingerprint density at radius 3 is 2.69 bits per heavy atom. The summed E-state index contributed by atoms with van der Waals surface area (Å²) < 4.78 is 0. The van der Waals surface area contributed by atoms with Crippen LogP contribution in [0.4, 0.5) is 0 Å². The van der Waals surface area contributed by atoms with Crippen LogP contribution in [0, 0.1) is 6.92 Å². The van der Waals surface area contributed by atoms with Gasteiger partial charge in [0.15, 0.2) is 5.78 Å². The number of hydrogen-bond donors (Lipinski definition) is 0. The third kappa shape index (κ3) is 2.32. The quantitative estimate of drug-likeness (QED) is 0.587. The molecule has 0 aliphatic rings. The van der Waals surface area contributed by atoms with Crippen LogP contribution < -0.4 is 0 Å². The number of Topliss-reactive ketones (excluding diaryl/α,β-unsaturated/α-hetero) is 1. The second-order valence-electron chi connectivity index (χ2n) is 2.89. The van der Waals surface area contributed by atoms with E-state index >= 15 is 0 Å². The van der Waals surface area contributed by atoms with Crippen LogP contribution in [-0.2, 0) is 0 Å². The maximum absolute atomic E-state index is 11.6. The first kappa shape index (κ1) is 10.7. The van der Waals surface area contributed by atoms with E-state index in [1.807, 2.05) is 13.8 Å². The van der Waals surface area contributed by atoms with Crippen molar-refractivity contribution < 1.29 is 4.79 Å². The number of carbonyl (C=O) groups excluding carboxylic acids is 1. The first-order chi connectivity index (χ1) is 6.04. The summed E-state index contributed by atoms with van der Waals surface area (Å²) in [6.07, 6.45) is 0. The number of benzene rings is 1. The number of hydrogen-bond acceptors (Lipinski definition) is 1. The standard InChI is InChI=1S/C10H10BrClO/c1-6-8(10(13)7(2)11)4-3-5-9(6)12/h3-5,7H,1-2H3. The second-order valence-corrected chi connectivity index (χ2v) is 4.67. The van der Waals surface area contributed by atoms with E-state index < -0.39 is 0 Å². The number of ketones is 1. The lowest BCUT2D eigenvalue weighted by atomic mass is 10.0. The van der Waals surface area contributed by atoms with Crippen LogP contribution in [0.1, 0.15) is 22.8 Å². The smallest absolute Gasteiger partial charge is 0.176 e. The molecule has 0 amide bonds. The molecule has 13 heavy (non-hydrogen) atoms. The molecule has 0 fully saturated rings. The summed E-state index contributed by atoms with van der Waals surface area (Å²) in [5, 5.41) is 0.638. The van der Waals surface area contributed by atoms with Crippen LogP contribution in [0.2, 0.25) is 5.02 Å². The van der Waals surface area contributed by atoms with Crippen LogP contribution in [0.15, 0.2) is 18.2 Å². The SMILES string of the molecule is Cc1c(Cl)cccc1C(=O)C(C)Br. The van der Waals surface area contributed by atoms with E-state index in [0.29, 0.717) is 10.6 Å². The minimum atomic E-state index is -0.162. The van der Waals surface area contributed by atoms with Crippen molar-refractivity contribution in [1.29, 1.82) is 0 Å². The number of alkyl halides is 1. The van der Waals surface area contributed by atoms with E-state index in [2.05, 4.69) is 15.9 Å². The summed E-state index contributed by atoms with van der Waals surface area (Å²) in [6, 6.07) is 5.37. The summed E-state index contributed by atoms with van der Waals surface area (Å²) in [5.74, 6) is 0.0694. The van der Waals surface area contributed by atoms with Gasteiger partial charge in [0.2, 0.25) is 0 Å². The van der Waals surface area contributed by atoms with Gasteiger partial charge in [-0.05, 0) is 25.5 Å². The zero-order valence-electron chi connectivity index (χ0n) is 7.47. The van der Waals surface area contributed by atoms with Gasteiger partial charge in [-0.1, -0.05) is 39.7 Å². The molecule has 0 saturated heterocycles. The van der Waals surface area contributed by atoms with Gasteiger partial charge in [-0.15, -0.1) is 0 Å². The van der Waals surface area contributed by atoms with Crippen LogP contribution in [0.5, 0.6) is 0 Å². The minimum Gasteiger partial charge on any atom is -0.293 e. The predicted molar refractivity (Wildman–Crippen MR) is 58.9 cm³/mol. The predicted octanol–water partition coefficient (Wildman–Crippen LogP) is 3.61. The highest BCUT2D eigenvalue weighted by Gasteiger charge is 2.14. The topological polar surface area (TPSA) is 17.1 Å². The lowest BCUT2D eigenvalue weighted by molar-refractivity contribution is 0.0995. The molecule has 0 saturated carbocycles. The van der Waals surface area contributed by atoms with Crippen LogP contribution in [0.3, 0.4) is 0 Å². The van der Waals surface area contributed by atoms with Crippen molar-refractivity contribution in [1.82, 2.24) is 0 Å². The van der Waals surface area contributed by atoms with E-state index in [9.17, 15) is 4.79 Å². The molecule has 1 rings (SSSR count). The van der Waals surface area contributed by atoms with Gasteiger partial charge in [0.05, 0.1) is 4.83 Å².